The number of piperidine rings is 1. The van der Waals surface area contributed by atoms with Crippen molar-refractivity contribution in [2.24, 2.45) is 0 Å². The van der Waals surface area contributed by atoms with Crippen LogP contribution in [-0.4, -0.2) is 43.1 Å². The zero-order valence-corrected chi connectivity index (χ0v) is 13.3. The topological polar surface area (TPSA) is 58.6 Å². The maximum absolute atomic E-state index is 13.2. The summed E-state index contributed by atoms with van der Waals surface area (Å²) in [5.74, 6) is -0.533. The predicted molar refractivity (Wildman–Crippen MR) is 85.2 cm³/mol. The highest BCUT2D eigenvalue weighted by Gasteiger charge is 2.23. The van der Waals surface area contributed by atoms with Gasteiger partial charge in [0.15, 0.2) is 0 Å². The molecule has 6 heteroatoms. The lowest BCUT2D eigenvalue weighted by Gasteiger charge is -2.31. The SMILES string of the molecule is COC(=O)N1CCC(NC(=O)/C=C(\C)c2cccc(F)c2)CC1. The van der Waals surface area contributed by atoms with Gasteiger partial charge in [-0.05, 0) is 43.0 Å². The van der Waals surface area contributed by atoms with Gasteiger partial charge in [-0.25, -0.2) is 9.18 Å². The van der Waals surface area contributed by atoms with Crippen LogP contribution in [0.3, 0.4) is 0 Å². The highest BCUT2D eigenvalue weighted by molar-refractivity contribution is 5.95. The van der Waals surface area contributed by atoms with E-state index in [1.807, 2.05) is 0 Å². The molecule has 124 valence electrons. The zero-order chi connectivity index (χ0) is 16.8. The van der Waals surface area contributed by atoms with Crippen molar-refractivity contribution in [3.05, 3.63) is 41.7 Å². The lowest BCUT2D eigenvalue weighted by atomic mass is 10.0. The molecule has 1 N–H and O–H groups in total. The van der Waals surface area contributed by atoms with Gasteiger partial charge in [0.1, 0.15) is 5.82 Å². The second-order valence-electron chi connectivity index (χ2n) is 5.58. The molecule has 0 aliphatic carbocycles. The third kappa shape index (κ3) is 4.81. The monoisotopic (exact) mass is 320 g/mol. The van der Waals surface area contributed by atoms with E-state index in [9.17, 15) is 14.0 Å². The number of methoxy groups -OCH3 is 1. The second kappa shape index (κ2) is 7.76. The Balaban J connectivity index is 1.88. The highest BCUT2D eigenvalue weighted by Crippen LogP contribution is 2.15. The largest absolute Gasteiger partial charge is 0.453 e. The van der Waals surface area contributed by atoms with Crippen molar-refractivity contribution in [1.29, 1.82) is 0 Å². The number of amides is 2. The molecule has 0 spiro atoms. The van der Waals surface area contributed by atoms with E-state index in [4.69, 9.17) is 0 Å². The summed E-state index contributed by atoms with van der Waals surface area (Å²) in [6.45, 7) is 2.89. The number of carbonyl (C=O) groups excluding carboxylic acids is 2. The zero-order valence-electron chi connectivity index (χ0n) is 13.3. The fourth-order valence-corrected chi connectivity index (χ4v) is 2.59. The summed E-state index contributed by atoms with van der Waals surface area (Å²) in [5, 5.41) is 2.92. The summed E-state index contributed by atoms with van der Waals surface area (Å²) in [6, 6.07) is 6.17. The summed E-state index contributed by atoms with van der Waals surface area (Å²) in [7, 11) is 1.36. The van der Waals surface area contributed by atoms with Gasteiger partial charge >= 0.3 is 6.09 Å². The first-order valence-electron chi connectivity index (χ1n) is 7.57. The molecule has 1 heterocycles. The minimum absolute atomic E-state index is 0.0277. The fourth-order valence-electron chi connectivity index (χ4n) is 2.59. The summed E-state index contributed by atoms with van der Waals surface area (Å²) in [5.41, 5.74) is 1.38. The second-order valence-corrected chi connectivity index (χ2v) is 5.58. The van der Waals surface area contributed by atoms with E-state index < -0.39 is 0 Å². The van der Waals surface area contributed by atoms with Gasteiger partial charge in [0, 0.05) is 25.2 Å². The van der Waals surface area contributed by atoms with Crippen molar-refractivity contribution < 1.29 is 18.7 Å². The Labute approximate surface area is 135 Å². The molecule has 23 heavy (non-hydrogen) atoms. The maximum Gasteiger partial charge on any atom is 0.409 e. The predicted octanol–water partition coefficient (Wildman–Crippen LogP) is 2.58. The van der Waals surface area contributed by atoms with Crippen molar-refractivity contribution in [2.45, 2.75) is 25.8 Å². The molecule has 0 unspecified atom stereocenters. The Morgan fingerprint density at radius 2 is 2.04 bits per heavy atom. The Morgan fingerprint density at radius 3 is 2.65 bits per heavy atom. The van der Waals surface area contributed by atoms with Crippen LogP contribution in [0.4, 0.5) is 9.18 Å². The Hall–Kier alpha value is -2.37. The van der Waals surface area contributed by atoms with Crippen molar-refractivity contribution in [3.63, 3.8) is 0 Å². The van der Waals surface area contributed by atoms with Crippen molar-refractivity contribution in [1.82, 2.24) is 10.2 Å². The van der Waals surface area contributed by atoms with E-state index in [2.05, 4.69) is 10.1 Å². The van der Waals surface area contributed by atoms with Gasteiger partial charge in [0.2, 0.25) is 5.91 Å². The molecule has 1 fully saturated rings. The molecule has 0 bridgehead atoms. The lowest BCUT2D eigenvalue weighted by molar-refractivity contribution is -0.117. The van der Waals surface area contributed by atoms with E-state index in [0.29, 0.717) is 37.1 Å². The Kier molecular flexibility index (Phi) is 5.73. The highest BCUT2D eigenvalue weighted by atomic mass is 19.1. The van der Waals surface area contributed by atoms with Crippen LogP contribution < -0.4 is 5.32 Å². The van der Waals surface area contributed by atoms with E-state index in [1.165, 1.54) is 25.3 Å². The van der Waals surface area contributed by atoms with Gasteiger partial charge in [-0.3, -0.25) is 4.79 Å². The summed E-state index contributed by atoms with van der Waals surface area (Å²) in [4.78, 5) is 25.1. The summed E-state index contributed by atoms with van der Waals surface area (Å²) in [6.07, 6.45) is 2.51. The first-order chi connectivity index (χ1) is 11.0. The van der Waals surface area contributed by atoms with Crippen LogP contribution in [0.5, 0.6) is 0 Å². The number of benzene rings is 1. The van der Waals surface area contributed by atoms with Gasteiger partial charge in [-0.15, -0.1) is 0 Å². The molecule has 1 aromatic rings. The summed E-state index contributed by atoms with van der Waals surface area (Å²) >= 11 is 0. The number of hydrogen-bond acceptors (Lipinski definition) is 3. The number of hydrogen-bond donors (Lipinski definition) is 1. The van der Waals surface area contributed by atoms with Gasteiger partial charge in [-0.1, -0.05) is 12.1 Å². The molecule has 5 nitrogen and oxygen atoms in total. The van der Waals surface area contributed by atoms with Gasteiger partial charge in [0.25, 0.3) is 0 Å². The molecule has 1 saturated heterocycles. The number of nitrogens with zero attached hydrogens (tertiary/aromatic N) is 1. The van der Waals surface area contributed by atoms with Crippen LogP contribution in [0.25, 0.3) is 5.57 Å². The van der Waals surface area contributed by atoms with E-state index in [-0.39, 0.29) is 23.9 Å². The molecular weight excluding hydrogens is 299 g/mol. The van der Waals surface area contributed by atoms with Crippen LogP contribution in [-0.2, 0) is 9.53 Å². The third-order valence-electron chi connectivity index (χ3n) is 3.90. The van der Waals surface area contributed by atoms with Gasteiger partial charge < -0.3 is 15.0 Å². The number of rotatable bonds is 3. The van der Waals surface area contributed by atoms with Crippen molar-refractivity contribution in [2.75, 3.05) is 20.2 Å². The molecule has 1 aliphatic rings. The molecule has 2 amide bonds. The Bertz CT molecular complexity index is 608. The average molecular weight is 320 g/mol. The number of nitrogens with one attached hydrogen (secondary N) is 1. The molecule has 0 radical (unpaired) electrons. The normalized spacial score (nSPS) is 16.1. The van der Waals surface area contributed by atoms with Gasteiger partial charge in [-0.2, -0.15) is 0 Å². The maximum atomic E-state index is 13.2. The average Bonchev–Trinajstić information content (AvgIpc) is 2.54. The minimum atomic E-state index is -0.336. The van der Waals surface area contributed by atoms with Crippen LogP contribution >= 0.6 is 0 Å². The van der Waals surface area contributed by atoms with Crippen LogP contribution in [0.1, 0.15) is 25.3 Å². The molecule has 0 aromatic heterocycles. The molecule has 1 aromatic carbocycles. The van der Waals surface area contributed by atoms with Crippen LogP contribution in [0.15, 0.2) is 30.3 Å². The first kappa shape index (κ1) is 17.0. The summed E-state index contributed by atoms with van der Waals surface area (Å²) < 4.78 is 17.9. The van der Waals surface area contributed by atoms with Crippen molar-refractivity contribution in [3.8, 4) is 0 Å². The number of halogens is 1. The molecule has 1 aliphatic heterocycles. The number of carbonyl (C=O) groups is 2. The van der Waals surface area contributed by atoms with Crippen molar-refractivity contribution >= 4 is 17.6 Å². The number of likely N-dealkylation sites (tertiary alicyclic amines) is 1. The molecule has 2 rings (SSSR count). The lowest BCUT2D eigenvalue weighted by Crippen LogP contribution is -2.46. The smallest absolute Gasteiger partial charge is 0.409 e. The van der Waals surface area contributed by atoms with E-state index in [0.717, 1.165) is 0 Å². The number of allylic oxidation sites excluding steroid dienone is 1. The number of ether oxygens (including phenoxy) is 1. The third-order valence-corrected chi connectivity index (χ3v) is 3.90. The standard InChI is InChI=1S/C17H21FN2O3/c1-12(13-4-3-5-14(18)11-13)10-16(21)19-15-6-8-20(9-7-15)17(22)23-2/h3-5,10-11,15H,6-9H2,1-2H3,(H,19,21)/b12-10+. The van der Waals surface area contributed by atoms with Gasteiger partial charge in [0.05, 0.1) is 7.11 Å². The van der Waals surface area contributed by atoms with E-state index >= 15 is 0 Å². The Morgan fingerprint density at radius 1 is 1.35 bits per heavy atom. The quantitative estimate of drug-likeness (QED) is 0.871. The fraction of sp³-hybridized carbons (Fsp3) is 0.412. The van der Waals surface area contributed by atoms with Crippen LogP contribution in [0, 0.1) is 5.82 Å². The molecular formula is C17H21FN2O3. The molecule has 0 saturated carbocycles. The minimum Gasteiger partial charge on any atom is -0.453 e. The van der Waals surface area contributed by atoms with E-state index in [1.54, 1.807) is 24.0 Å². The first-order valence-corrected chi connectivity index (χ1v) is 7.57. The molecule has 0 atom stereocenters. The van der Waals surface area contributed by atoms with Crippen LogP contribution in [0.2, 0.25) is 0 Å².